The highest BCUT2D eigenvalue weighted by atomic mass is 35.5. The highest BCUT2D eigenvalue weighted by Crippen LogP contribution is 2.62. The van der Waals surface area contributed by atoms with E-state index in [0.29, 0.717) is 5.41 Å². The number of rotatable bonds is 0. The van der Waals surface area contributed by atoms with Gasteiger partial charge in [-0.15, -0.1) is 0 Å². The van der Waals surface area contributed by atoms with Gasteiger partial charge in [0.05, 0.1) is 0 Å². The highest BCUT2D eigenvalue weighted by Gasteiger charge is 2.49. The molecule has 0 saturated heterocycles. The van der Waals surface area contributed by atoms with E-state index in [1.807, 2.05) is 0 Å². The second-order valence-corrected chi connectivity index (χ2v) is 5.89. The minimum Gasteiger partial charge on any atom is -0.0891 e. The number of halogens is 1. The summed E-state index contributed by atoms with van der Waals surface area (Å²) in [5, 5.41) is 1.09. The average Bonchev–Trinajstić information content (AvgIpc) is 2.88. The Kier molecular flexibility index (Phi) is 1.86. The van der Waals surface area contributed by atoms with Crippen LogP contribution in [0.15, 0.2) is 22.3 Å². The molecule has 3 aliphatic carbocycles. The minimum atomic E-state index is 0.591. The highest BCUT2D eigenvalue weighted by molar-refractivity contribution is 6.29. The lowest BCUT2D eigenvalue weighted by Gasteiger charge is -2.33. The van der Waals surface area contributed by atoms with Crippen molar-refractivity contribution in [2.24, 2.45) is 11.3 Å². The zero-order valence-electron chi connectivity index (χ0n) is 8.78. The molecule has 76 valence electrons. The summed E-state index contributed by atoms with van der Waals surface area (Å²) >= 11 is 6.15. The topological polar surface area (TPSA) is 0 Å². The monoisotopic (exact) mass is 208 g/mol. The van der Waals surface area contributed by atoms with E-state index in [0.717, 1.165) is 17.4 Å². The summed E-state index contributed by atoms with van der Waals surface area (Å²) < 4.78 is 0. The van der Waals surface area contributed by atoms with Crippen molar-refractivity contribution in [2.45, 2.75) is 45.4 Å². The van der Waals surface area contributed by atoms with Gasteiger partial charge in [-0.2, -0.15) is 0 Å². The first-order valence-electron chi connectivity index (χ1n) is 5.78. The summed E-state index contributed by atoms with van der Waals surface area (Å²) in [5.74, 6) is 0.904. The molecule has 0 aliphatic heterocycles. The zero-order valence-corrected chi connectivity index (χ0v) is 9.53. The fraction of sp³-hybridized carbons (Fsp3) is 0.692. The van der Waals surface area contributed by atoms with Crippen LogP contribution in [0.25, 0.3) is 0 Å². The molecule has 0 amide bonds. The van der Waals surface area contributed by atoms with E-state index in [1.54, 1.807) is 11.1 Å². The van der Waals surface area contributed by atoms with Crippen molar-refractivity contribution in [2.75, 3.05) is 0 Å². The largest absolute Gasteiger partial charge is 0.0891 e. The summed E-state index contributed by atoms with van der Waals surface area (Å²) in [4.78, 5) is 0. The molecular weight excluding hydrogens is 192 g/mol. The van der Waals surface area contributed by atoms with Gasteiger partial charge in [0.1, 0.15) is 0 Å². The average molecular weight is 209 g/mol. The minimum absolute atomic E-state index is 0.591. The normalized spacial score (nSPS) is 34.1. The fourth-order valence-corrected chi connectivity index (χ4v) is 3.57. The van der Waals surface area contributed by atoms with Gasteiger partial charge in [-0.25, -0.2) is 0 Å². The number of allylic oxidation sites excluding steroid dienone is 4. The van der Waals surface area contributed by atoms with Gasteiger partial charge in [0.2, 0.25) is 0 Å². The Balaban J connectivity index is 2.03. The molecule has 3 aliphatic rings. The van der Waals surface area contributed by atoms with Crippen molar-refractivity contribution in [1.82, 2.24) is 0 Å². The van der Waals surface area contributed by atoms with Gasteiger partial charge < -0.3 is 0 Å². The van der Waals surface area contributed by atoms with E-state index in [4.69, 9.17) is 11.6 Å². The van der Waals surface area contributed by atoms with Crippen molar-refractivity contribution < 1.29 is 0 Å². The van der Waals surface area contributed by atoms with Gasteiger partial charge in [0.15, 0.2) is 0 Å². The van der Waals surface area contributed by atoms with E-state index in [-0.39, 0.29) is 0 Å². The first-order valence-corrected chi connectivity index (χ1v) is 6.16. The van der Waals surface area contributed by atoms with Crippen LogP contribution < -0.4 is 0 Å². The van der Waals surface area contributed by atoms with Crippen molar-refractivity contribution in [3.63, 3.8) is 0 Å². The molecule has 1 atom stereocenters. The molecule has 1 fully saturated rings. The Labute approximate surface area is 91.0 Å². The molecule has 1 unspecified atom stereocenters. The fourth-order valence-electron chi connectivity index (χ4n) is 3.37. The second-order valence-electron chi connectivity index (χ2n) is 5.40. The van der Waals surface area contributed by atoms with Gasteiger partial charge in [0.25, 0.3) is 0 Å². The molecule has 0 aromatic carbocycles. The third-order valence-electron chi connectivity index (χ3n) is 4.11. The number of hydrogen-bond acceptors (Lipinski definition) is 0. The summed E-state index contributed by atoms with van der Waals surface area (Å²) in [6.07, 6.45) is 10.2. The first kappa shape index (κ1) is 9.03. The summed E-state index contributed by atoms with van der Waals surface area (Å²) in [7, 11) is 0. The van der Waals surface area contributed by atoms with Crippen LogP contribution in [0.5, 0.6) is 0 Å². The first-order chi connectivity index (χ1) is 6.70. The van der Waals surface area contributed by atoms with Gasteiger partial charge in [-0.3, -0.25) is 0 Å². The van der Waals surface area contributed by atoms with Crippen LogP contribution in [0.3, 0.4) is 0 Å². The smallest absolute Gasteiger partial charge is 0.0187 e. The third kappa shape index (κ3) is 1.27. The summed E-state index contributed by atoms with van der Waals surface area (Å²) in [5.41, 5.74) is 3.96. The Morgan fingerprint density at radius 3 is 2.86 bits per heavy atom. The number of fused-ring (bicyclic) bond motifs is 1. The molecule has 0 radical (unpaired) electrons. The molecular formula is C13H17Cl. The van der Waals surface area contributed by atoms with E-state index in [9.17, 15) is 0 Å². The molecule has 3 rings (SSSR count). The SMILES string of the molecule is CC1CC2=C(C=C(Cl)CC2)C2(CC2)C1. The molecule has 1 spiro atoms. The predicted octanol–water partition coefficient (Wildman–Crippen LogP) is 4.41. The van der Waals surface area contributed by atoms with E-state index in [2.05, 4.69) is 13.0 Å². The van der Waals surface area contributed by atoms with Crippen LogP contribution in [0.1, 0.15) is 45.4 Å². The van der Waals surface area contributed by atoms with Crippen molar-refractivity contribution >= 4 is 11.6 Å². The molecule has 0 aromatic rings. The molecule has 0 bridgehead atoms. The van der Waals surface area contributed by atoms with Crippen molar-refractivity contribution in [1.29, 1.82) is 0 Å². The Hall–Kier alpha value is -0.230. The molecule has 0 aromatic heterocycles. The quantitative estimate of drug-likeness (QED) is 0.553. The Bertz CT molecular complexity index is 331. The Morgan fingerprint density at radius 2 is 2.14 bits per heavy atom. The number of hydrogen-bond donors (Lipinski definition) is 0. The van der Waals surface area contributed by atoms with Crippen LogP contribution in [0.2, 0.25) is 0 Å². The maximum Gasteiger partial charge on any atom is 0.0187 e. The van der Waals surface area contributed by atoms with E-state index < -0.39 is 0 Å². The third-order valence-corrected chi connectivity index (χ3v) is 4.40. The lowest BCUT2D eigenvalue weighted by molar-refractivity contribution is 0.378. The molecule has 14 heavy (non-hydrogen) atoms. The molecule has 0 heterocycles. The maximum absolute atomic E-state index is 6.15. The summed E-state index contributed by atoms with van der Waals surface area (Å²) in [6.45, 7) is 2.41. The lowest BCUT2D eigenvalue weighted by Crippen LogP contribution is -2.20. The van der Waals surface area contributed by atoms with Gasteiger partial charge in [0, 0.05) is 5.03 Å². The lowest BCUT2D eigenvalue weighted by atomic mass is 9.72. The van der Waals surface area contributed by atoms with Gasteiger partial charge in [-0.1, -0.05) is 24.1 Å². The predicted molar refractivity (Wildman–Crippen MR) is 60.3 cm³/mol. The molecule has 0 nitrogen and oxygen atoms in total. The van der Waals surface area contributed by atoms with Crippen LogP contribution in [-0.4, -0.2) is 0 Å². The summed E-state index contributed by atoms with van der Waals surface area (Å²) in [6, 6.07) is 0. The maximum atomic E-state index is 6.15. The second kappa shape index (κ2) is 2.88. The molecule has 1 heteroatoms. The van der Waals surface area contributed by atoms with Crippen LogP contribution in [0, 0.1) is 11.3 Å². The van der Waals surface area contributed by atoms with E-state index in [1.165, 1.54) is 32.1 Å². The van der Waals surface area contributed by atoms with Crippen LogP contribution in [-0.2, 0) is 0 Å². The van der Waals surface area contributed by atoms with Crippen molar-refractivity contribution in [3.8, 4) is 0 Å². The van der Waals surface area contributed by atoms with Crippen LogP contribution >= 0.6 is 11.6 Å². The van der Waals surface area contributed by atoms with Crippen LogP contribution in [0.4, 0.5) is 0 Å². The zero-order chi connectivity index (χ0) is 9.76. The van der Waals surface area contributed by atoms with Gasteiger partial charge >= 0.3 is 0 Å². The Morgan fingerprint density at radius 1 is 1.36 bits per heavy atom. The standard InChI is InChI=1S/C13H17Cl/c1-9-6-10-2-3-11(14)7-12(10)13(8-9)4-5-13/h7,9H,2-6,8H2,1H3. The van der Waals surface area contributed by atoms with E-state index >= 15 is 0 Å². The van der Waals surface area contributed by atoms with Gasteiger partial charge in [-0.05, 0) is 61.5 Å². The van der Waals surface area contributed by atoms with Crippen molar-refractivity contribution in [3.05, 3.63) is 22.3 Å². The molecule has 0 N–H and O–H groups in total. The molecule has 1 saturated carbocycles.